The minimum atomic E-state index is -0.692. The smallest absolute Gasteiger partial charge is 0.326 e. The first-order valence-corrected chi connectivity index (χ1v) is 15.8. The SMILES string of the molecule is CC(C)(C(=O)OCc1ccccc1)N1CCC(c2ccnc3c2ccn3Cc2ccc(C(=O)NOCc3ccccc3)cc2)CC1. The summed E-state index contributed by atoms with van der Waals surface area (Å²) in [5.41, 5.74) is 7.66. The number of esters is 1. The molecule has 46 heavy (non-hydrogen) atoms. The van der Waals surface area contributed by atoms with Gasteiger partial charge in [-0.1, -0.05) is 72.8 Å². The molecule has 0 spiro atoms. The fraction of sp³-hybridized carbons (Fsp3) is 0.289. The number of hydrogen-bond acceptors (Lipinski definition) is 6. The van der Waals surface area contributed by atoms with Crippen LogP contribution in [0.5, 0.6) is 0 Å². The van der Waals surface area contributed by atoms with Gasteiger partial charge in [-0.15, -0.1) is 0 Å². The van der Waals surface area contributed by atoms with Crippen LogP contribution in [0.25, 0.3) is 11.0 Å². The van der Waals surface area contributed by atoms with Crippen LogP contribution in [0.3, 0.4) is 0 Å². The van der Waals surface area contributed by atoms with Crippen LogP contribution < -0.4 is 5.48 Å². The van der Waals surface area contributed by atoms with E-state index in [1.54, 1.807) is 0 Å². The first kappa shape index (κ1) is 31.2. The summed E-state index contributed by atoms with van der Waals surface area (Å²) in [7, 11) is 0. The molecule has 1 saturated heterocycles. The number of aromatic nitrogens is 2. The van der Waals surface area contributed by atoms with Gasteiger partial charge in [0.05, 0.1) is 6.61 Å². The van der Waals surface area contributed by atoms with Gasteiger partial charge in [-0.05, 0) is 92.2 Å². The zero-order chi connectivity index (χ0) is 31.9. The molecule has 0 bridgehead atoms. The number of nitrogens with zero attached hydrogens (tertiary/aromatic N) is 3. The number of ether oxygens (including phenoxy) is 1. The van der Waals surface area contributed by atoms with Crippen molar-refractivity contribution in [3.05, 3.63) is 137 Å². The minimum Gasteiger partial charge on any atom is -0.459 e. The van der Waals surface area contributed by atoms with E-state index in [2.05, 4.69) is 33.3 Å². The van der Waals surface area contributed by atoms with Gasteiger partial charge in [-0.2, -0.15) is 0 Å². The van der Waals surface area contributed by atoms with E-state index < -0.39 is 5.54 Å². The van der Waals surface area contributed by atoms with Gasteiger partial charge >= 0.3 is 5.97 Å². The molecule has 0 aliphatic carbocycles. The van der Waals surface area contributed by atoms with Crippen molar-refractivity contribution in [3.8, 4) is 0 Å². The molecule has 2 aromatic heterocycles. The highest BCUT2D eigenvalue weighted by Crippen LogP contribution is 2.35. The lowest BCUT2D eigenvalue weighted by Crippen LogP contribution is -2.53. The Kier molecular flexibility index (Phi) is 9.57. The fourth-order valence-corrected chi connectivity index (χ4v) is 6.15. The van der Waals surface area contributed by atoms with E-state index in [0.29, 0.717) is 24.6 Å². The Hall–Kier alpha value is -4.79. The monoisotopic (exact) mass is 616 g/mol. The lowest BCUT2D eigenvalue weighted by molar-refractivity contribution is -0.158. The number of hydrogen-bond donors (Lipinski definition) is 1. The van der Waals surface area contributed by atoms with E-state index in [1.807, 2.05) is 105 Å². The van der Waals surface area contributed by atoms with Gasteiger partial charge in [-0.25, -0.2) is 10.5 Å². The van der Waals surface area contributed by atoms with Crippen molar-refractivity contribution in [2.45, 2.75) is 57.9 Å². The van der Waals surface area contributed by atoms with Gasteiger partial charge in [0.15, 0.2) is 0 Å². The summed E-state index contributed by atoms with van der Waals surface area (Å²) in [6.07, 6.45) is 5.89. The second-order valence-electron chi connectivity index (χ2n) is 12.4. The first-order valence-electron chi connectivity index (χ1n) is 15.8. The molecule has 1 amide bonds. The molecule has 1 aliphatic rings. The fourth-order valence-electron chi connectivity index (χ4n) is 6.15. The Morgan fingerprint density at radius 3 is 2.15 bits per heavy atom. The third kappa shape index (κ3) is 7.19. The molecule has 0 atom stereocenters. The molecule has 3 heterocycles. The van der Waals surface area contributed by atoms with Gasteiger partial charge < -0.3 is 9.30 Å². The Balaban J connectivity index is 1.04. The number of likely N-dealkylation sites (tertiary alicyclic amines) is 1. The van der Waals surface area contributed by atoms with Gasteiger partial charge in [0, 0.05) is 29.9 Å². The number of fused-ring (bicyclic) bond motifs is 1. The number of carbonyl (C=O) groups excluding carboxylic acids is 2. The summed E-state index contributed by atoms with van der Waals surface area (Å²) in [6.45, 7) is 6.80. The molecule has 6 rings (SSSR count). The molecule has 8 nitrogen and oxygen atoms in total. The van der Waals surface area contributed by atoms with Crippen LogP contribution in [0.4, 0.5) is 0 Å². The molecule has 3 aromatic carbocycles. The molecular formula is C38H40N4O4. The number of hydroxylamine groups is 1. The molecule has 1 fully saturated rings. The summed E-state index contributed by atoms with van der Waals surface area (Å²) in [5, 5.41) is 1.16. The van der Waals surface area contributed by atoms with Crippen LogP contribution in [0.1, 0.15) is 65.2 Å². The topological polar surface area (TPSA) is 85.7 Å². The van der Waals surface area contributed by atoms with Gasteiger partial charge in [0.25, 0.3) is 5.91 Å². The zero-order valence-corrected chi connectivity index (χ0v) is 26.4. The van der Waals surface area contributed by atoms with Crippen LogP contribution in [0, 0.1) is 0 Å². The number of rotatable bonds is 11. The van der Waals surface area contributed by atoms with E-state index in [4.69, 9.17) is 14.6 Å². The molecule has 5 aromatic rings. The predicted molar refractivity (Wildman–Crippen MR) is 178 cm³/mol. The highest BCUT2D eigenvalue weighted by Gasteiger charge is 2.38. The number of piperidine rings is 1. The van der Waals surface area contributed by atoms with Crippen molar-refractivity contribution >= 4 is 22.9 Å². The summed E-state index contributed by atoms with van der Waals surface area (Å²) < 4.78 is 7.85. The largest absolute Gasteiger partial charge is 0.459 e. The lowest BCUT2D eigenvalue weighted by atomic mass is 9.86. The second-order valence-corrected chi connectivity index (χ2v) is 12.4. The third-order valence-corrected chi connectivity index (χ3v) is 8.95. The standard InChI is InChI=1S/C38H40N4O4/c1-38(2,37(44)45-26-29-9-5-3-6-10-29)42-23-18-31(19-24-42)33-17-21-39-35-34(33)20-22-41(35)25-28-13-15-32(16-14-28)36(43)40-46-27-30-11-7-4-8-12-30/h3-17,20-22,31H,18-19,23-27H2,1-2H3,(H,40,43). The third-order valence-electron chi connectivity index (χ3n) is 8.95. The minimum absolute atomic E-state index is 0.191. The van der Waals surface area contributed by atoms with Crippen LogP contribution in [0.15, 0.2) is 109 Å². The normalized spacial score (nSPS) is 14.3. The van der Waals surface area contributed by atoms with Gasteiger partial charge in [-0.3, -0.25) is 19.3 Å². The maximum absolute atomic E-state index is 13.1. The van der Waals surface area contributed by atoms with Crippen molar-refractivity contribution in [1.29, 1.82) is 0 Å². The molecule has 0 unspecified atom stereocenters. The Bertz CT molecular complexity index is 1760. The summed E-state index contributed by atoms with van der Waals surface area (Å²) >= 11 is 0. The summed E-state index contributed by atoms with van der Waals surface area (Å²) in [6, 6.07) is 31.3. The van der Waals surface area contributed by atoms with Gasteiger partial charge in [0.2, 0.25) is 0 Å². The van der Waals surface area contributed by atoms with Crippen LogP contribution in [-0.4, -0.2) is 45.0 Å². The van der Waals surface area contributed by atoms with E-state index >= 15 is 0 Å². The number of benzene rings is 3. The Morgan fingerprint density at radius 1 is 0.826 bits per heavy atom. The van der Waals surface area contributed by atoms with Crippen molar-refractivity contribution in [2.75, 3.05) is 13.1 Å². The van der Waals surface area contributed by atoms with Crippen molar-refractivity contribution in [1.82, 2.24) is 19.9 Å². The Labute approximate surface area is 269 Å². The summed E-state index contributed by atoms with van der Waals surface area (Å²) in [5.74, 6) is -0.0856. The molecular weight excluding hydrogens is 576 g/mol. The number of carbonyl (C=O) groups is 2. The maximum atomic E-state index is 13.1. The predicted octanol–water partition coefficient (Wildman–Crippen LogP) is 6.65. The van der Waals surface area contributed by atoms with Crippen molar-refractivity contribution in [3.63, 3.8) is 0 Å². The van der Waals surface area contributed by atoms with Crippen molar-refractivity contribution in [2.24, 2.45) is 0 Å². The average Bonchev–Trinajstić information content (AvgIpc) is 3.51. The number of nitrogens with one attached hydrogen (secondary N) is 1. The molecule has 1 N–H and O–H groups in total. The number of amides is 1. The quantitative estimate of drug-likeness (QED) is 0.132. The number of pyridine rings is 1. The van der Waals surface area contributed by atoms with E-state index in [-0.39, 0.29) is 18.5 Å². The first-order chi connectivity index (χ1) is 22.4. The highest BCUT2D eigenvalue weighted by molar-refractivity contribution is 5.93. The van der Waals surface area contributed by atoms with Crippen LogP contribution in [-0.2, 0) is 34.1 Å². The lowest BCUT2D eigenvalue weighted by Gasteiger charge is -2.41. The molecule has 8 heteroatoms. The molecule has 0 saturated carbocycles. The van der Waals surface area contributed by atoms with E-state index in [1.165, 1.54) is 5.56 Å². The summed E-state index contributed by atoms with van der Waals surface area (Å²) in [4.78, 5) is 38.0. The highest BCUT2D eigenvalue weighted by atomic mass is 16.6. The zero-order valence-electron chi connectivity index (χ0n) is 26.4. The van der Waals surface area contributed by atoms with E-state index in [0.717, 1.165) is 53.7 Å². The maximum Gasteiger partial charge on any atom is 0.326 e. The average molecular weight is 617 g/mol. The Morgan fingerprint density at radius 2 is 1.48 bits per heavy atom. The van der Waals surface area contributed by atoms with Crippen LogP contribution in [0.2, 0.25) is 0 Å². The van der Waals surface area contributed by atoms with E-state index in [9.17, 15) is 9.59 Å². The van der Waals surface area contributed by atoms with Crippen LogP contribution >= 0.6 is 0 Å². The molecule has 0 radical (unpaired) electrons. The van der Waals surface area contributed by atoms with Gasteiger partial charge in [0.1, 0.15) is 17.8 Å². The molecule has 236 valence electrons. The molecule has 1 aliphatic heterocycles. The van der Waals surface area contributed by atoms with Crippen molar-refractivity contribution < 1.29 is 19.2 Å². The second kappa shape index (κ2) is 14.1.